The minimum Gasteiger partial charge on any atom is -0.452 e. The van der Waals surface area contributed by atoms with Gasteiger partial charge in [-0.05, 0) is 24.3 Å². The summed E-state index contributed by atoms with van der Waals surface area (Å²) in [5, 5.41) is 0.708. The molecule has 0 atom stereocenters. The summed E-state index contributed by atoms with van der Waals surface area (Å²) in [6, 6.07) is 8.15. The summed E-state index contributed by atoms with van der Waals surface area (Å²) in [7, 11) is 0. The van der Waals surface area contributed by atoms with Crippen LogP contribution in [0.25, 0.3) is 11.3 Å². The Balaban J connectivity index is 1.73. The average Bonchev–Trinajstić information content (AvgIpc) is 3.04. The van der Waals surface area contributed by atoms with E-state index in [0.29, 0.717) is 21.4 Å². The number of furan rings is 1. The molecule has 10 heteroatoms. The molecule has 2 heterocycles. The Bertz CT molecular complexity index is 924. The van der Waals surface area contributed by atoms with Crippen LogP contribution in [0.3, 0.4) is 0 Å². The van der Waals surface area contributed by atoms with Gasteiger partial charge in [-0.25, -0.2) is 4.79 Å². The molecule has 0 amide bonds. The number of esters is 1. The van der Waals surface area contributed by atoms with Crippen molar-refractivity contribution in [1.29, 1.82) is 0 Å². The number of nitrogens with two attached hydrogens (primary N) is 2. The molecule has 0 saturated heterocycles. The molecule has 0 saturated carbocycles. The van der Waals surface area contributed by atoms with Crippen LogP contribution >= 0.6 is 23.2 Å². The molecule has 0 aliphatic rings. The molecule has 25 heavy (non-hydrogen) atoms. The van der Waals surface area contributed by atoms with Gasteiger partial charge in [-0.3, -0.25) is 0 Å². The number of aromatic nitrogens is 3. The number of benzene rings is 1. The fraction of sp³-hybridized carbons (Fsp3) is 0.0667. The van der Waals surface area contributed by atoms with Gasteiger partial charge in [0.2, 0.25) is 17.7 Å². The van der Waals surface area contributed by atoms with Gasteiger partial charge in [-0.1, -0.05) is 29.3 Å². The molecule has 0 radical (unpaired) electrons. The van der Waals surface area contributed by atoms with Gasteiger partial charge in [-0.15, -0.1) is 0 Å². The van der Waals surface area contributed by atoms with Crippen molar-refractivity contribution >= 4 is 41.1 Å². The SMILES string of the molecule is Nc1nc(N)nc(COC(=O)c2ccc(-c3cccc(Cl)c3Cl)o2)n1. The largest absolute Gasteiger partial charge is 0.452 e. The zero-order valence-corrected chi connectivity index (χ0v) is 14.1. The van der Waals surface area contributed by atoms with Crippen molar-refractivity contribution < 1.29 is 13.9 Å². The molecule has 1 aromatic carbocycles. The topological polar surface area (TPSA) is 130 Å². The van der Waals surface area contributed by atoms with Crippen molar-refractivity contribution in [3.63, 3.8) is 0 Å². The fourth-order valence-corrected chi connectivity index (χ4v) is 2.40. The third kappa shape index (κ3) is 3.81. The lowest BCUT2D eigenvalue weighted by Crippen LogP contribution is -2.10. The molecule has 0 unspecified atom stereocenters. The Labute approximate surface area is 151 Å². The van der Waals surface area contributed by atoms with Crippen LogP contribution in [0.15, 0.2) is 34.7 Å². The van der Waals surface area contributed by atoms with Gasteiger partial charge in [0.1, 0.15) is 5.76 Å². The molecule has 0 aliphatic heterocycles. The summed E-state index contributed by atoms with van der Waals surface area (Å²) in [5.41, 5.74) is 11.5. The van der Waals surface area contributed by atoms with Crippen LogP contribution in [-0.4, -0.2) is 20.9 Å². The molecule has 0 bridgehead atoms. The van der Waals surface area contributed by atoms with Crippen molar-refractivity contribution in [3.05, 3.63) is 52.0 Å². The van der Waals surface area contributed by atoms with E-state index in [1.807, 2.05) is 0 Å². The third-order valence-electron chi connectivity index (χ3n) is 3.07. The van der Waals surface area contributed by atoms with Crippen molar-refractivity contribution in [2.45, 2.75) is 6.61 Å². The van der Waals surface area contributed by atoms with Crippen LogP contribution < -0.4 is 11.5 Å². The average molecular weight is 380 g/mol. The van der Waals surface area contributed by atoms with E-state index < -0.39 is 5.97 Å². The Kier molecular flexibility index (Phi) is 4.73. The lowest BCUT2D eigenvalue weighted by Gasteiger charge is -2.04. The number of anilines is 2. The summed E-state index contributed by atoms with van der Waals surface area (Å²) in [4.78, 5) is 23.3. The highest BCUT2D eigenvalue weighted by molar-refractivity contribution is 6.43. The van der Waals surface area contributed by atoms with Crippen molar-refractivity contribution in [3.8, 4) is 11.3 Å². The molecule has 0 aliphatic carbocycles. The molecule has 0 fully saturated rings. The highest BCUT2D eigenvalue weighted by Gasteiger charge is 2.17. The van der Waals surface area contributed by atoms with Gasteiger partial charge in [0, 0.05) is 5.56 Å². The Morgan fingerprint density at radius 1 is 1.08 bits per heavy atom. The van der Waals surface area contributed by atoms with Crippen LogP contribution in [-0.2, 0) is 11.3 Å². The van der Waals surface area contributed by atoms with E-state index in [4.69, 9.17) is 43.8 Å². The second-order valence-corrected chi connectivity index (χ2v) is 5.59. The highest BCUT2D eigenvalue weighted by atomic mass is 35.5. The molecule has 2 aromatic heterocycles. The number of nitrogen functional groups attached to an aromatic ring is 2. The van der Waals surface area contributed by atoms with Crippen LogP contribution in [0.1, 0.15) is 16.4 Å². The first-order valence-corrected chi connectivity index (χ1v) is 7.67. The first-order valence-electron chi connectivity index (χ1n) is 6.91. The van der Waals surface area contributed by atoms with Crippen LogP contribution in [0, 0.1) is 0 Å². The predicted molar refractivity (Wildman–Crippen MR) is 91.9 cm³/mol. The first kappa shape index (κ1) is 17.0. The minimum absolute atomic E-state index is 0.0129. The maximum atomic E-state index is 12.1. The number of hydrogen-bond donors (Lipinski definition) is 2. The van der Waals surface area contributed by atoms with Crippen molar-refractivity contribution in [2.75, 3.05) is 11.5 Å². The van der Waals surface area contributed by atoms with E-state index in [1.165, 1.54) is 6.07 Å². The molecule has 0 spiro atoms. The molecular weight excluding hydrogens is 369 g/mol. The molecule has 3 rings (SSSR count). The normalized spacial score (nSPS) is 10.6. The minimum atomic E-state index is -0.707. The number of hydrogen-bond acceptors (Lipinski definition) is 8. The molecular formula is C15H11Cl2N5O3. The van der Waals surface area contributed by atoms with E-state index in [0.717, 1.165) is 0 Å². The number of halogens is 2. The monoisotopic (exact) mass is 379 g/mol. The second-order valence-electron chi connectivity index (χ2n) is 4.81. The zero-order valence-electron chi connectivity index (χ0n) is 12.6. The smallest absolute Gasteiger partial charge is 0.374 e. The van der Waals surface area contributed by atoms with E-state index in [9.17, 15) is 4.79 Å². The maximum Gasteiger partial charge on any atom is 0.374 e. The Morgan fingerprint density at radius 2 is 1.80 bits per heavy atom. The van der Waals surface area contributed by atoms with Crippen LogP contribution in [0.4, 0.5) is 11.9 Å². The molecule has 4 N–H and O–H groups in total. The standard InChI is InChI=1S/C15H11Cl2N5O3/c16-8-3-1-2-7(12(8)17)9-4-5-10(25-9)13(23)24-6-11-20-14(18)22-15(19)21-11/h1-5H,6H2,(H4,18,19,20,21,22). The lowest BCUT2D eigenvalue weighted by molar-refractivity contribution is 0.0426. The molecule has 8 nitrogen and oxygen atoms in total. The van der Waals surface area contributed by atoms with E-state index >= 15 is 0 Å². The summed E-state index contributed by atoms with van der Waals surface area (Å²) in [6.07, 6.45) is 0. The summed E-state index contributed by atoms with van der Waals surface area (Å²) in [5.74, 6) is -0.331. The highest BCUT2D eigenvalue weighted by Crippen LogP contribution is 2.34. The fourth-order valence-electron chi connectivity index (χ4n) is 2.01. The molecule has 128 valence electrons. The number of carbonyl (C=O) groups is 1. The van der Waals surface area contributed by atoms with Gasteiger partial charge in [0.25, 0.3) is 0 Å². The van der Waals surface area contributed by atoms with E-state index in [2.05, 4.69) is 15.0 Å². The number of nitrogens with zero attached hydrogens (tertiary/aromatic N) is 3. The van der Waals surface area contributed by atoms with Gasteiger partial charge >= 0.3 is 5.97 Å². The summed E-state index contributed by atoms with van der Waals surface area (Å²) in [6.45, 7) is -0.232. The number of ether oxygens (including phenoxy) is 1. The first-order chi connectivity index (χ1) is 11.9. The van der Waals surface area contributed by atoms with E-state index in [1.54, 1.807) is 24.3 Å². The van der Waals surface area contributed by atoms with E-state index in [-0.39, 0.29) is 30.1 Å². The summed E-state index contributed by atoms with van der Waals surface area (Å²) < 4.78 is 10.6. The number of rotatable bonds is 4. The van der Waals surface area contributed by atoms with Crippen molar-refractivity contribution in [2.24, 2.45) is 0 Å². The van der Waals surface area contributed by atoms with Crippen LogP contribution in [0.2, 0.25) is 10.0 Å². The third-order valence-corrected chi connectivity index (χ3v) is 3.89. The van der Waals surface area contributed by atoms with Gasteiger partial charge < -0.3 is 20.6 Å². The van der Waals surface area contributed by atoms with Gasteiger partial charge in [0.05, 0.1) is 10.0 Å². The van der Waals surface area contributed by atoms with Gasteiger partial charge in [0.15, 0.2) is 12.4 Å². The Morgan fingerprint density at radius 3 is 2.52 bits per heavy atom. The lowest BCUT2D eigenvalue weighted by atomic mass is 10.2. The van der Waals surface area contributed by atoms with Crippen molar-refractivity contribution in [1.82, 2.24) is 15.0 Å². The predicted octanol–water partition coefficient (Wildman–Crippen LogP) is 2.96. The maximum absolute atomic E-state index is 12.1. The number of carbonyl (C=O) groups excluding carboxylic acids is 1. The summed E-state index contributed by atoms with van der Waals surface area (Å²) >= 11 is 12.1. The second kappa shape index (κ2) is 6.96. The van der Waals surface area contributed by atoms with Crippen LogP contribution in [0.5, 0.6) is 0 Å². The Hall–Kier alpha value is -2.84. The zero-order chi connectivity index (χ0) is 18.0. The molecule has 3 aromatic rings. The van der Waals surface area contributed by atoms with Gasteiger partial charge in [-0.2, -0.15) is 15.0 Å². The quantitative estimate of drug-likeness (QED) is 0.661.